The fourth-order valence-corrected chi connectivity index (χ4v) is 3.99. The van der Waals surface area contributed by atoms with Crippen molar-refractivity contribution in [3.05, 3.63) is 59.2 Å². The average Bonchev–Trinajstić information content (AvgIpc) is 2.49. The molecule has 0 fully saturated rings. The van der Waals surface area contributed by atoms with Gasteiger partial charge in [0.15, 0.2) is 27.3 Å². The third-order valence-electron chi connectivity index (χ3n) is 3.35. The normalized spacial score (nSPS) is 11.7. The van der Waals surface area contributed by atoms with Crippen LogP contribution >= 0.6 is 0 Å². The maximum Gasteiger partial charge on any atom is 0.261 e. The molecule has 0 saturated carbocycles. The third kappa shape index (κ3) is 4.21. The Labute approximate surface area is 147 Å². The van der Waals surface area contributed by atoms with Gasteiger partial charge in [0.25, 0.3) is 5.91 Å². The summed E-state index contributed by atoms with van der Waals surface area (Å²) in [7, 11) is -4.08. The van der Waals surface area contributed by atoms with Gasteiger partial charge in [-0.1, -0.05) is 13.8 Å². The van der Waals surface area contributed by atoms with Crippen LogP contribution in [0.3, 0.4) is 0 Å². The van der Waals surface area contributed by atoms with Crippen LogP contribution in [0.1, 0.15) is 24.2 Å². The molecule has 2 aromatic rings. The Balaban J connectivity index is 2.44. The SMILES string of the molecule is CC(C)CS(=O)(=O)c1ccc(F)c(C(=O)Nc2ccc(F)c(F)c2)c1F. The van der Waals surface area contributed by atoms with Crippen molar-refractivity contribution in [2.24, 2.45) is 5.92 Å². The van der Waals surface area contributed by atoms with Gasteiger partial charge in [0.1, 0.15) is 16.3 Å². The van der Waals surface area contributed by atoms with Crippen molar-refractivity contribution in [2.75, 3.05) is 11.1 Å². The van der Waals surface area contributed by atoms with E-state index in [-0.39, 0.29) is 17.4 Å². The lowest BCUT2D eigenvalue weighted by atomic mass is 10.1. The van der Waals surface area contributed by atoms with Crippen LogP contribution in [0.25, 0.3) is 0 Å². The van der Waals surface area contributed by atoms with Crippen LogP contribution < -0.4 is 5.32 Å². The molecule has 2 rings (SSSR count). The summed E-state index contributed by atoms with van der Waals surface area (Å²) < 4.78 is 79.0. The number of carbonyl (C=O) groups excluding carboxylic acids is 1. The Morgan fingerprint density at radius 1 is 1.00 bits per heavy atom. The maximum atomic E-state index is 14.6. The molecule has 0 spiro atoms. The van der Waals surface area contributed by atoms with Gasteiger partial charge in [0.05, 0.1) is 5.75 Å². The lowest BCUT2D eigenvalue weighted by Gasteiger charge is -2.12. The zero-order chi connectivity index (χ0) is 19.6. The Bertz CT molecular complexity index is 959. The molecule has 9 heteroatoms. The van der Waals surface area contributed by atoms with Gasteiger partial charge >= 0.3 is 0 Å². The van der Waals surface area contributed by atoms with Crippen LogP contribution in [0, 0.1) is 29.2 Å². The van der Waals surface area contributed by atoms with Crippen molar-refractivity contribution in [3.8, 4) is 0 Å². The molecule has 4 nitrogen and oxygen atoms in total. The van der Waals surface area contributed by atoms with E-state index in [0.29, 0.717) is 12.1 Å². The van der Waals surface area contributed by atoms with Crippen LogP contribution in [-0.4, -0.2) is 20.1 Å². The summed E-state index contributed by atoms with van der Waals surface area (Å²) in [5.74, 6) is -7.28. The highest BCUT2D eigenvalue weighted by Gasteiger charge is 2.27. The molecule has 2 aromatic carbocycles. The third-order valence-corrected chi connectivity index (χ3v) is 5.44. The Hall–Kier alpha value is -2.42. The lowest BCUT2D eigenvalue weighted by molar-refractivity contribution is 0.101. The van der Waals surface area contributed by atoms with E-state index in [4.69, 9.17) is 0 Å². The number of amides is 1. The molecular weight excluding hydrogens is 374 g/mol. The quantitative estimate of drug-likeness (QED) is 0.623. The molecular formula is C17H15F4NO3S. The highest BCUT2D eigenvalue weighted by atomic mass is 32.2. The van der Waals surface area contributed by atoms with E-state index in [0.717, 1.165) is 18.2 Å². The number of nitrogens with one attached hydrogen (secondary N) is 1. The predicted octanol–water partition coefficient (Wildman–Crippen LogP) is 3.93. The second-order valence-electron chi connectivity index (χ2n) is 5.99. The molecule has 0 atom stereocenters. The number of hydrogen-bond donors (Lipinski definition) is 1. The summed E-state index contributed by atoms with van der Waals surface area (Å²) in [6.45, 7) is 3.21. The highest BCUT2D eigenvalue weighted by Crippen LogP contribution is 2.24. The second-order valence-corrected chi connectivity index (χ2v) is 8.00. The Morgan fingerprint density at radius 3 is 2.19 bits per heavy atom. The lowest BCUT2D eigenvalue weighted by Crippen LogP contribution is -2.20. The smallest absolute Gasteiger partial charge is 0.261 e. The van der Waals surface area contributed by atoms with Crippen molar-refractivity contribution in [3.63, 3.8) is 0 Å². The van der Waals surface area contributed by atoms with Crippen LogP contribution in [0.15, 0.2) is 35.2 Å². The van der Waals surface area contributed by atoms with E-state index in [1.807, 2.05) is 5.32 Å². The summed E-state index contributed by atoms with van der Waals surface area (Å²) in [6, 6.07) is 3.75. The number of hydrogen-bond acceptors (Lipinski definition) is 3. The minimum absolute atomic E-state index is 0.247. The zero-order valence-electron chi connectivity index (χ0n) is 13.8. The number of sulfone groups is 1. The second kappa shape index (κ2) is 7.45. The molecule has 1 N–H and O–H groups in total. The minimum Gasteiger partial charge on any atom is -0.322 e. The van der Waals surface area contributed by atoms with Crippen molar-refractivity contribution in [1.29, 1.82) is 0 Å². The van der Waals surface area contributed by atoms with Crippen LogP contribution in [0.5, 0.6) is 0 Å². The first-order valence-electron chi connectivity index (χ1n) is 7.50. The molecule has 0 bridgehead atoms. The number of halogens is 4. The van der Waals surface area contributed by atoms with E-state index in [1.165, 1.54) is 0 Å². The van der Waals surface area contributed by atoms with Crippen molar-refractivity contribution < 1.29 is 30.8 Å². The van der Waals surface area contributed by atoms with Crippen LogP contribution in [-0.2, 0) is 9.84 Å². The van der Waals surface area contributed by atoms with Gasteiger partial charge in [-0.15, -0.1) is 0 Å². The maximum absolute atomic E-state index is 14.6. The molecule has 0 aliphatic heterocycles. The molecule has 0 heterocycles. The highest BCUT2D eigenvalue weighted by molar-refractivity contribution is 7.91. The number of rotatable bonds is 5. The fourth-order valence-electron chi connectivity index (χ4n) is 2.28. The molecule has 26 heavy (non-hydrogen) atoms. The Kier molecular flexibility index (Phi) is 5.70. The largest absolute Gasteiger partial charge is 0.322 e. The summed E-state index contributed by atoms with van der Waals surface area (Å²) in [5, 5.41) is 2.01. The molecule has 0 saturated heterocycles. The molecule has 140 valence electrons. The zero-order valence-corrected chi connectivity index (χ0v) is 14.6. The van der Waals surface area contributed by atoms with E-state index in [1.54, 1.807) is 13.8 Å². The number of benzene rings is 2. The van der Waals surface area contributed by atoms with E-state index in [9.17, 15) is 30.8 Å². The van der Waals surface area contributed by atoms with Gasteiger partial charge in [0.2, 0.25) is 0 Å². The molecule has 0 unspecified atom stereocenters. The van der Waals surface area contributed by atoms with E-state index in [2.05, 4.69) is 0 Å². The molecule has 0 aliphatic rings. The molecule has 1 amide bonds. The van der Waals surface area contributed by atoms with Crippen LogP contribution in [0.2, 0.25) is 0 Å². The summed E-state index contributed by atoms with van der Waals surface area (Å²) >= 11 is 0. The summed E-state index contributed by atoms with van der Waals surface area (Å²) in [6.07, 6.45) is 0. The van der Waals surface area contributed by atoms with Gasteiger partial charge in [0, 0.05) is 11.8 Å². The first kappa shape index (κ1) is 19.9. The molecule has 0 aromatic heterocycles. The summed E-state index contributed by atoms with van der Waals surface area (Å²) in [4.78, 5) is 11.3. The van der Waals surface area contributed by atoms with Gasteiger partial charge in [-0.25, -0.2) is 26.0 Å². The van der Waals surface area contributed by atoms with Crippen molar-refractivity contribution >= 4 is 21.4 Å². The van der Waals surface area contributed by atoms with Crippen molar-refractivity contribution in [2.45, 2.75) is 18.7 Å². The monoisotopic (exact) mass is 389 g/mol. The first-order valence-corrected chi connectivity index (χ1v) is 9.15. The van der Waals surface area contributed by atoms with E-state index >= 15 is 0 Å². The standard InChI is InChI=1S/C17H15F4NO3S/c1-9(2)8-26(24,25)14-6-5-12(19)15(16(14)21)17(23)22-10-3-4-11(18)13(20)7-10/h3-7,9H,8H2,1-2H3,(H,22,23). The first-order chi connectivity index (χ1) is 12.0. The van der Waals surface area contributed by atoms with Gasteiger partial charge < -0.3 is 5.32 Å². The Morgan fingerprint density at radius 2 is 1.62 bits per heavy atom. The number of carbonyl (C=O) groups is 1. The van der Waals surface area contributed by atoms with E-state index < -0.39 is 49.5 Å². The molecule has 0 radical (unpaired) electrons. The van der Waals surface area contributed by atoms with Crippen molar-refractivity contribution in [1.82, 2.24) is 0 Å². The topological polar surface area (TPSA) is 63.2 Å². The van der Waals surface area contributed by atoms with Gasteiger partial charge in [-0.2, -0.15) is 0 Å². The minimum atomic E-state index is -4.08. The van der Waals surface area contributed by atoms with Crippen LogP contribution in [0.4, 0.5) is 23.2 Å². The van der Waals surface area contributed by atoms with Gasteiger partial charge in [-0.3, -0.25) is 4.79 Å². The predicted molar refractivity (Wildman–Crippen MR) is 87.6 cm³/mol. The average molecular weight is 389 g/mol. The van der Waals surface area contributed by atoms with Gasteiger partial charge in [-0.05, 0) is 30.2 Å². The molecule has 0 aliphatic carbocycles. The fraction of sp³-hybridized carbons (Fsp3) is 0.235. The summed E-state index contributed by atoms with van der Waals surface area (Å²) in [5.41, 5.74) is -1.37. The number of anilines is 1.